The Morgan fingerprint density at radius 3 is 0.991 bits per heavy atom. The van der Waals surface area contributed by atoms with Crippen molar-refractivity contribution in [3.63, 3.8) is 0 Å². The second kappa shape index (κ2) is 77.9. The van der Waals surface area contributed by atoms with Crippen LogP contribution in [0.15, 0.2) is 60.7 Å². The Hall–Kier alpha value is -8.20. The number of aliphatic carboxylic acids is 1. The molecule has 4 N–H and O–H groups in total. The summed E-state index contributed by atoms with van der Waals surface area (Å²) in [6.07, 6.45) is -2.34. The van der Waals surface area contributed by atoms with Gasteiger partial charge in [-0.2, -0.15) is 4.79 Å². The van der Waals surface area contributed by atoms with Gasteiger partial charge in [-0.15, -0.1) is 0 Å². The van der Waals surface area contributed by atoms with Crippen LogP contribution in [-0.4, -0.2) is 278 Å². The fourth-order valence-electron chi connectivity index (χ4n) is 5.70. The van der Waals surface area contributed by atoms with Gasteiger partial charge in [-0.3, -0.25) is 67.3 Å². The molecule has 0 aliphatic carbocycles. The number of aliphatic hydroxyl groups is 3. The summed E-state index contributed by atoms with van der Waals surface area (Å²) in [5.41, 5.74) is 2.11. The number of hydrogen-bond acceptors (Lipinski definition) is 39. The number of hydrogen-bond donors (Lipinski definition) is 4. The van der Waals surface area contributed by atoms with Crippen molar-refractivity contribution >= 4 is 142 Å². The van der Waals surface area contributed by atoms with Crippen molar-refractivity contribution < 1.29 is 192 Å². The number of carbonyl (C=O) groups is 15. The van der Waals surface area contributed by atoms with Gasteiger partial charge < -0.3 is 101 Å². The summed E-state index contributed by atoms with van der Waals surface area (Å²) >= 11 is 9.83. The van der Waals surface area contributed by atoms with Crippen LogP contribution in [0.3, 0.4) is 0 Å². The lowest BCUT2D eigenvalue weighted by molar-refractivity contribution is -0.198. The lowest BCUT2D eigenvalue weighted by Crippen LogP contribution is -2.37. The molecule has 622 valence electrons. The highest BCUT2D eigenvalue weighted by atomic mass is 36.0. The van der Waals surface area contributed by atoms with E-state index in [0.29, 0.717) is 51.1 Å². The number of ether oxygens (including phenoxy) is 17. The second-order valence-electron chi connectivity index (χ2n) is 18.5. The summed E-state index contributed by atoms with van der Waals surface area (Å²) in [6.45, 7) is -0.364. The molecule has 0 saturated carbocycles. The highest BCUT2D eigenvalue weighted by molar-refractivity contribution is 8.26. The molecule has 0 spiro atoms. The normalized spacial score (nSPS) is 12.0. The molecule has 5 rings (SSSR count). The van der Waals surface area contributed by atoms with Gasteiger partial charge in [0.25, 0.3) is 35.4 Å². The molecule has 2 aromatic rings. The predicted molar refractivity (Wildman–Crippen MR) is 365 cm³/mol. The van der Waals surface area contributed by atoms with Crippen molar-refractivity contribution in [3.8, 4) is 0 Å². The third-order valence-electron chi connectivity index (χ3n) is 10.3. The molecule has 3 heterocycles. The lowest BCUT2D eigenvalue weighted by Gasteiger charge is -2.15. The van der Waals surface area contributed by atoms with Gasteiger partial charge in [-0.25, -0.2) is 18.6 Å². The van der Waals surface area contributed by atoms with Crippen molar-refractivity contribution in [1.82, 2.24) is 15.2 Å². The zero-order valence-corrected chi connectivity index (χ0v) is 64.0. The van der Waals surface area contributed by atoms with Gasteiger partial charge in [0, 0.05) is 116 Å². The molecule has 0 radical (unpaired) electrons. The van der Waals surface area contributed by atoms with Crippen LogP contribution in [-0.2, 0) is 180 Å². The van der Waals surface area contributed by atoms with Gasteiger partial charge in [0.05, 0.1) is 58.9 Å². The molecule has 43 nitrogen and oxygen atoms in total. The molecule has 6 amide bonds. The summed E-state index contributed by atoms with van der Waals surface area (Å²) in [6, 6.07) is 19.4. The molecule has 0 bridgehead atoms. The highest BCUT2D eigenvalue weighted by Crippen LogP contribution is 2.17. The van der Waals surface area contributed by atoms with E-state index in [1.807, 2.05) is 60.7 Å². The minimum atomic E-state index is -1.67. The van der Waals surface area contributed by atoms with Crippen molar-refractivity contribution in [3.05, 3.63) is 71.8 Å². The molecule has 3 saturated heterocycles. The molecule has 0 atom stereocenters. The number of methoxy groups -OCH3 is 7. The molecular weight excluding hydrogens is 1590 g/mol. The average molecular weight is 1680 g/mol. The summed E-state index contributed by atoms with van der Waals surface area (Å²) in [4.78, 5) is 174. The first kappa shape index (κ1) is 109. The minimum Gasteiger partial charge on any atom is -0.481 e. The van der Waals surface area contributed by atoms with Gasteiger partial charge >= 0.3 is 42.2 Å². The van der Waals surface area contributed by atoms with Gasteiger partial charge in [0.15, 0.2) is 20.4 Å². The van der Waals surface area contributed by atoms with E-state index in [0.717, 1.165) is 11.1 Å². The van der Waals surface area contributed by atoms with Crippen molar-refractivity contribution in [2.45, 2.75) is 77.4 Å². The first-order valence-corrected chi connectivity index (χ1v) is 34.0. The summed E-state index contributed by atoms with van der Waals surface area (Å²) in [7, 11) is 17.7. The first-order valence-electron chi connectivity index (χ1n) is 30.4. The Balaban J connectivity index is -0.000000380. The number of carboxylic acid groups (broad SMARTS) is 1. The maximum Gasteiger partial charge on any atom is 0.560 e. The summed E-state index contributed by atoms with van der Waals surface area (Å²) in [5.74, 6) is -6.99. The van der Waals surface area contributed by atoms with Crippen molar-refractivity contribution in [2.24, 2.45) is 0 Å². The lowest BCUT2D eigenvalue weighted by atomic mass is 10.2. The molecule has 109 heavy (non-hydrogen) atoms. The molecule has 0 unspecified atom stereocenters. The van der Waals surface area contributed by atoms with Crippen molar-refractivity contribution in [2.75, 3.05) is 150 Å². The van der Waals surface area contributed by atoms with E-state index >= 15 is 0 Å². The van der Waals surface area contributed by atoms with E-state index in [9.17, 15) is 71.9 Å². The first-order chi connectivity index (χ1) is 51.9. The zero-order valence-electron chi connectivity index (χ0n) is 60.1. The number of rotatable bonds is 38. The van der Waals surface area contributed by atoms with Crippen LogP contribution in [0.5, 0.6) is 0 Å². The van der Waals surface area contributed by atoms with Gasteiger partial charge in [0.2, 0.25) is 26.5 Å². The molecule has 0 aromatic heterocycles. The van der Waals surface area contributed by atoms with Gasteiger partial charge in [-0.1, -0.05) is 75.9 Å². The van der Waals surface area contributed by atoms with Gasteiger partial charge in [-0.05, 0) is 34.3 Å². The number of nitrogens with zero attached hydrogens (tertiary/aromatic N) is 3. The Morgan fingerprint density at radius 1 is 0.376 bits per heavy atom. The third-order valence-corrected chi connectivity index (χ3v) is 10.6. The zero-order chi connectivity index (χ0) is 83.4. The van der Waals surface area contributed by atoms with Crippen molar-refractivity contribution in [1.29, 1.82) is 0 Å². The standard InChI is InChI=1S/C12H16O5.C10H13NO9.C9H8N2O7.C8H10O2.2C5H10O4.C4H7ClO3.C4H7ClO2.C4H8O3.Cl2OS/c1-14-9-16-8-12(13)17-10-15-7-11-5-3-2-4-6-11;1-16-5-17-4-9(14)18-6-19-10(15)20-11-7(12)2-3-8(11)13;12-5-1-2-6(13)10(5)17-9(16)18-11-7(14)3-4-8(11)15;9-7-10-6-8-4-2-1-3-5-8;2*1-8-3-2-5(7)9-4-6;1-7-3-8-2-4(5)6;2*1-7-3-2-4(5)6;1-4(2)3/h2-6H,7-10H2,1H3;2-6H2,1H3;1-4H2;1-5,9H,6-7H2;2*6H,2-4H2,1H3;2-3H2,1H3;2-3H2,1H3;2-3H2,1H3,(H,5,6);. The number of carbonyl (C=O) groups excluding carboxylic acids is 14. The molecule has 3 fully saturated rings. The fraction of sp³-hybridized carbons (Fsp3) is 0.557. The maximum atomic E-state index is 11.2. The van der Waals surface area contributed by atoms with Crippen LogP contribution in [0.25, 0.3) is 0 Å². The maximum absolute atomic E-state index is 11.2. The smallest absolute Gasteiger partial charge is 0.481 e. The van der Waals surface area contributed by atoms with E-state index < -0.39 is 112 Å². The predicted octanol–water partition coefficient (Wildman–Crippen LogP) is 2.41. The van der Waals surface area contributed by atoms with Crippen LogP contribution in [0, 0.1) is 0 Å². The minimum absolute atomic E-state index is 0.0298. The number of esters is 4. The molecular formula is C61H89Cl4N3O40S. The largest absolute Gasteiger partial charge is 0.560 e. The number of hydroxylamine groups is 6. The van der Waals surface area contributed by atoms with Crippen LogP contribution < -0.4 is 0 Å². The topological polar surface area (TPSA) is 548 Å². The average Bonchev–Trinajstić information content (AvgIpc) is 1.72. The third kappa shape index (κ3) is 75.0. The van der Waals surface area contributed by atoms with Crippen LogP contribution in [0.4, 0.5) is 9.59 Å². The molecule has 3 aliphatic rings. The van der Waals surface area contributed by atoms with Gasteiger partial charge in [0.1, 0.15) is 47.0 Å². The van der Waals surface area contributed by atoms with Crippen LogP contribution in [0.1, 0.15) is 75.3 Å². The summed E-state index contributed by atoms with van der Waals surface area (Å²) < 4.78 is 86.7. The Morgan fingerprint density at radius 2 is 0.697 bits per heavy atom. The van der Waals surface area contributed by atoms with Crippen LogP contribution in [0.2, 0.25) is 0 Å². The van der Waals surface area contributed by atoms with Crippen LogP contribution >= 0.6 is 44.6 Å². The molecule has 2 aromatic carbocycles. The van der Waals surface area contributed by atoms with E-state index in [1.165, 1.54) is 49.8 Å². The number of carboxylic acids is 1. The number of halogens is 4. The number of benzene rings is 2. The SMILES string of the molecule is COCCC(=O)Cl.COCCC(=O)O.COCCC(=O)OCO.COCCC(=O)OCO.COCOCC(=O)Cl.COCOCC(=O)OCOC(=O)ON1C(=O)CCC1=O.COCOCC(=O)OCOCc1ccccc1.O=C(ON1C(=O)CCC1=O)ON1C(=O)CCC1=O.O=S(Cl)Cl.OCOCc1ccccc1. The molecule has 3 aliphatic heterocycles. The second-order valence-corrected chi connectivity index (χ2v) is 21.9. The number of aliphatic hydroxyl groups excluding tert-OH is 3. The highest BCUT2D eigenvalue weighted by Gasteiger charge is 2.38. The Kier molecular flexibility index (Phi) is 78.2. The van der Waals surface area contributed by atoms with E-state index in [1.54, 1.807) is 0 Å². The molecule has 48 heteroatoms. The quantitative estimate of drug-likeness (QED) is 0.0187. The fourth-order valence-corrected chi connectivity index (χ4v) is 5.85. The van der Waals surface area contributed by atoms with E-state index in [4.69, 9.17) is 66.8 Å². The Labute approximate surface area is 645 Å². The monoisotopic (exact) mass is 1680 g/mol. The number of amides is 6. The number of imide groups is 3. The van der Waals surface area contributed by atoms with E-state index in [2.05, 4.69) is 97.5 Å². The Bertz CT molecular complexity index is 2760. The summed E-state index contributed by atoms with van der Waals surface area (Å²) in [5, 5.41) is 32.3. The van der Waals surface area contributed by atoms with E-state index in [-0.39, 0.29) is 127 Å².